The molecule has 2 rings (SSSR count). The Bertz CT molecular complexity index is 936. The van der Waals surface area contributed by atoms with Crippen LogP contribution >= 0.6 is 31.9 Å². The molecule has 0 aliphatic carbocycles. The van der Waals surface area contributed by atoms with Gasteiger partial charge >= 0.3 is 0 Å². The van der Waals surface area contributed by atoms with Gasteiger partial charge in [-0.05, 0) is 43.9 Å². The SMILES string of the molecule is C[Si](C)(C)CCOCn1c(C#N)cnc1Br.C[Si](C)(C)CCOCn1cc(C#N)nc1Br. The van der Waals surface area contributed by atoms with E-state index in [1.165, 1.54) is 6.20 Å². The molecular weight excluding hydrogens is 572 g/mol. The van der Waals surface area contributed by atoms with Crippen LogP contribution in [0.4, 0.5) is 0 Å². The maximum absolute atomic E-state index is 8.84. The summed E-state index contributed by atoms with van der Waals surface area (Å²) in [6, 6.07) is 6.33. The molecule has 0 unspecified atom stereocenters. The molecule has 0 amide bonds. The van der Waals surface area contributed by atoms with Crippen molar-refractivity contribution in [2.24, 2.45) is 0 Å². The molecule has 2 aromatic rings. The number of rotatable bonds is 10. The van der Waals surface area contributed by atoms with Gasteiger partial charge in [-0.15, -0.1) is 0 Å². The monoisotopic (exact) mass is 602 g/mol. The third-order valence-electron chi connectivity index (χ3n) is 4.21. The van der Waals surface area contributed by atoms with Crippen LogP contribution in [0.2, 0.25) is 51.4 Å². The van der Waals surface area contributed by atoms with Crippen LogP contribution in [0.15, 0.2) is 21.9 Å². The Labute approximate surface area is 209 Å². The van der Waals surface area contributed by atoms with Crippen LogP contribution in [0.3, 0.4) is 0 Å². The largest absolute Gasteiger partial charge is 0.361 e. The fourth-order valence-corrected chi connectivity index (χ4v) is 4.48. The Morgan fingerprint density at radius 1 is 0.906 bits per heavy atom. The highest BCUT2D eigenvalue weighted by atomic mass is 79.9. The Morgan fingerprint density at radius 3 is 1.94 bits per heavy atom. The summed E-state index contributed by atoms with van der Waals surface area (Å²) in [7, 11) is -2.07. The zero-order chi connectivity index (χ0) is 24.4. The second-order valence-corrected chi connectivity index (χ2v) is 22.3. The van der Waals surface area contributed by atoms with Crippen molar-refractivity contribution < 1.29 is 9.47 Å². The van der Waals surface area contributed by atoms with Gasteiger partial charge in [0, 0.05) is 35.6 Å². The topological polar surface area (TPSA) is 102 Å². The molecule has 0 aliphatic rings. The standard InChI is InChI=1S/2C10H16BrN3OSi/c1-16(2,3)5-4-15-8-14-7-9(6-12)13-10(14)11;1-16(2,3)5-4-15-8-14-9(6-12)7-13-10(14)11/h2*7H,4-5,8H2,1-3H3. The van der Waals surface area contributed by atoms with Crippen LogP contribution < -0.4 is 0 Å². The Balaban J connectivity index is 0.000000320. The van der Waals surface area contributed by atoms with Crippen molar-refractivity contribution in [1.29, 1.82) is 10.5 Å². The number of aromatic nitrogens is 4. The molecule has 0 saturated carbocycles. The normalized spacial score (nSPS) is 11.4. The molecule has 0 aromatic carbocycles. The maximum Gasteiger partial charge on any atom is 0.180 e. The fraction of sp³-hybridized carbons (Fsp3) is 0.600. The van der Waals surface area contributed by atoms with E-state index in [0.29, 0.717) is 34.3 Å². The highest BCUT2D eigenvalue weighted by molar-refractivity contribution is 9.10. The number of ether oxygens (including phenoxy) is 2. The average Bonchev–Trinajstić information content (AvgIpc) is 3.23. The van der Waals surface area contributed by atoms with E-state index in [1.807, 2.05) is 6.07 Å². The second kappa shape index (κ2) is 13.4. The highest BCUT2D eigenvalue weighted by Gasteiger charge is 2.13. The van der Waals surface area contributed by atoms with E-state index in [2.05, 4.69) is 87.2 Å². The van der Waals surface area contributed by atoms with E-state index in [0.717, 1.165) is 25.3 Å². The van der Waals surface area contributed by atoms with Crippen molar-refractivity contribution in [3.8, 4) is 12.1 Å². The molecule has 0 N–H and O–H groups in total. The predicted octanol–water partition coefficient (Wildman–Crippen LogP) is 5.66. The van der Waals surface area contributed by atoms with Gasteiger partial charge < -0.3 is 14.0 Å². The summed E-state index contributed by atoms with van der Waals surface area (Å²) in [6.45, 7) is 16.2. The van der Waals surface area contributed by atoms with Gasteiger partial charge in [0.15, 0.2) is 15.2 Å². The smallest absolute Gasteiger partial charge is 0.180 e. The molecule has 12 heteroatoms. The summed E-state index contributed by atoms with van der Waals surface area (Å²) in [4.78, 5) is 8.00. The highest BCUT2D eigenvalue weighted by Crippen LogP contribution is 2.13. The van der Waals surface area contributed by atoms with E-state index in [4.69, 9.17) is 20.0 Å². The van der Waals surface area contributed by atoms with Gasteiger partial charge in [-0.25, -0.2) is 9.97 Å². The Kier molecular flexibility index (Phi) is 12.1. The number of halogens is 2. The van der Waals surface area contributed by atoms with Crippen molar-refractivity contribution in [1.82, 2.24) is 19.1 Å². The minimum Gasteiger partial charge on any atom is -0.361 e. The molecular formula is C20H32Br2N6O2Si2. The fourth-order valence-electron chi connectivity index (χ4n) is 2.18. The molecule has 0 bridgehead atoms. The summed E-state index contributed by atoms with van der Waals surface area (Å²) >= 11 is 6.56. The van der Waals surface area contributed by atoms with Gasteiger partial charge in [0.1, 0.15) is 31.3 Å². The Morgan fingerprint density at radius 2 is 1.47 bits per heavy atom. The second-order valence-electron chi connectivity index (χ2n) is 9.63. The van der Waals surface area contributed by atoms with E-state index in [-0.39, 0.29) is 0 Å². The third-order valence-corrected chi connectivity index (χ3v) is 8.88. The predicted molar refractivity (Wildman–Crippen MR) is 137 cm³/mol. The number of nitriles is 2. The van der Waals surface area contributed by atoms with E-state index in [9.17, 15) is 0 Å². The molecule has 0 fully saturated rings. The molecule has 0 atom stereocenters. The van der Waals surface area contributed by atoms with Gasteiger partial charge in [-0.1, -0.05) is 39.3 Å². The summed E-state index contributed by atoms with van der Waals surface area (Å²) in [5.74, 6) is 0. The maximum atomic E-state index is 8.84. The van der Waals surface area contributed by atoms with E-state index < -0.39 is 16.1 Å². The molecule has 2 heterocycles. The summed E-state index contributed by atoms with van der Waals surface area (Å²) in [6.07, 6.45) is 3.21. The molecule has 2 aromatic heterocycles. The van der Waals surface area contributed by atoms with Gasteiger partial charge in [-0.3, -0.25) is 4.57 Å². The van der Waals surface area contributed by atoms with E-state index in [1.54, 1.807) is 15.3 Å². The van der Waals surface area contributed by atoms with Crippen molar-refractivity contribution in [2.45, 2.75) is 64.8 Å². The van der Waals surface area contributed by atoms with Crippen LogP contribution in [-0.2, 0) is 22.9 Å². The van der Waals surface area contributed by atoms with Crippen molar-refractivity contribution in [2.75, 3.05) is 13.2 Å². The van der Waals surface area contributed by atoms with E-state index >= 15 is 0 Å². The number of hydrogen-bond acceptors (Lipinski definition) is 6. The lowest BCUT2D eigenvalue weighted by Crippen LogP contribution is -2.22. The Hall–Kier alpha value is -1.29. The van der Waals surface area contributed by atoms with Gasteiger partial charge in [-0.2, -0.15) is 10.5 Å². The lowest BCUT2D eigenvalue weighted by Gasteiger charge is -2.15. The van der Waals surface area contributed by atoms with Crippen LogP contribution in [0.5, 0.6) is 0 Å². The molecule has 176 valence electrons. The first-order valence-corrected chi connectivity index (χ1v) is 19.3. The van der Waals surface area contributed by atoms with Crippen molar-refractivity contribution in [3.05, 3.63) is 33.2 Å². The third kappa shape index (κ3) is 11.5. The minimum absolute atomic E-state index is 0.383. The first-order valence-electron chi connectivity index (χ1n) is 10.3. The lowest BCUT2D eigenvalue weighted by atomic mass is 10.5. The first-order chi connectivity index (χ1) is 14.9. The molecule has 0 aliphatic heterocycles. The summed E-state index contributed by atoms with van der Waals surface area (Å²) in [5, 5.41) is 17.5. The summed E-state index contributed by atoms with van der Waals surface area (Å²) < 4.78 is 15.9. The van der Waals surface area contributed by atoms with Gasteiger partial charge in [0.2, 0.25) is 0 Å². The molecule has 0 radical (unpaired) electrons. The quantitative estimate of drug-likeness (QED) is 0.256. The van der Waals surface area contributed by atoms with Crippen LogP contribution in [-0.4, -0.2) is 48.5 Å². The molecule has 8 nitrogen and oxygen atoms in total. The van der Waals surface area contributed by atoms with Crippen molar-refractivity contribution in [3.63, 3.8) is 0 Å². The molecule has 0 spiro atoms. The van der Waals surface area contributed by atoms with Crippen LogP contribution in [0.1, 0.15) is 11.4 Å². The van der Waals surface area contributed by atoms with Crippen LogP contribution in [0.25, 0.3) is 0 Å². The minimum atomic E-state index is -1.04. The molecule has 32 heavy (non-hydrogen) atoms. The first kappa shape index (κ1) is 28.7. The van der Waals surface area contributed by atoms with Crippen molar-refractivity contribution >= 4 is 48.0 Å². The van der Waals surface area contributed by atoms with Crippen LogP contribution in [0, 0.1) is 22.7 Å². The summed E-state index contributed by atoms with van der Waals surface area (Å²) in [5.41, 5.74) is 0.917. The number of nitrogens with zero attached hydrogens (tertiary/aromatic N) is 6. The average molecular weight is 604 g/mol. The zero-order valence-corrected chi connectivity index (χ0v) is 24.8. The zero-order valence-electron chi connectivity index (χ0n) is 19.7. The van der Waals surface area contributed by atoms with Gasteiger partial charge in [0.05, 0.1) is 6.20 Å². The number of hydrogen-bond donors (Lipinski definition) is 0. The molecule has 0 saturated heterocycles. The number of imidazole rings is 2. The lowest BCUT2D eigenvalue weighted by molar-refractivity contribution is 0.0850. The van der Waals surface area contributed by atoms with Gasteiger partial charge in [0.25, 0.3) is 0 Å².